The van der Waals surface area contributed by atoms with Crippen molar-refractivity contribution in [3.05, 3.63) is 63.1 Å². The van der Waals surface area contributed by atoms with Crippen LogP contribution >= 0.6 is 34.8 Å². The van der Waals surface area contributed by atoms with Gasteiger partial charge in [-0.1, -0.05) is 53.0 Å². The predicted molar refractivity (Wildman–Crippen MR) is 80.3 cm³/mol. The zero-order valence-electron chi connectivity index (χ0n) is 9.95. The topological polar surface area (TPSA) is 35.2 Å². The van der Waals surface area contributed by atoms with E-state index in [2.05, 4.69) is 0 Å². The molecule has 0 aromatic heterocycles. The molecule has 2 nitrogen and oxygen atoms in total. The Balaban J connectivity index is 2.24. The smallest absolute Gasteiger partial charge is 0.140 e. The molecule has 5 heteroatoms. The van der Waals surface area contributed by atoms with E-state index in [0.29, 0.717) is 27.4 Å². The molecule has 0 aliphatic rings. The van der Waals surface area contributed by atoms with Gasteiger partial charge in [0.2, 0.25) is 0 Å². The molecule has 100 valence electrons. The second-order valence-electron chi connectivity index (χ2n) is 3.95. The number of rotatable bonds is 4. The number of hydrogen-bond acceptors (Lipinski definition) is 2. The van der Waals surface area contributed by atoms with Gasteiger partial charge in [-0.2, -0.15) is 0 Å². The third kappa shape index (κ3) is 3.54. The Hall–Kier alpha value is -0.930. The van der Waals surface area contributed by atoms with E-state index in [1.54, 1.807) is 30.3 Å². The van der Waals surface area contributed by atoms with Crippen LogP contribution in [0.2, 0.25) is 15.1 Å². The van der Waals surface area contributed by atoms with Gasteiger partial charge < -0.3 is 10.5 Å². The van der Waals surface area contributed by atoms with Crippen LogP contribution in [0.4, 0.5) is 0 Å². The molecule has 0 saturated carbocycles. The number of ether oxygens (including phenoxy) is 1. The standard InChI is InChI=1S/C14H12Cl3NO/c15-10-6-4-9(5-7-10)13(8-18)19-12-3-1-2-11(16)14(12)17/h1-7,13H,8,18H2. The Morgan fingerprint density at radius 3 is 2.32 bits per heavy atom. The Morgan fingerprint density at radius 2 is 1.68 bits per heavy atom. The van der Waals surface area contributed by atoms with E-state index in [-0.39, 0.29) is 6.10 Å². The van der Waals surface area contributed by atoms with Crippen LogP contribution in [0.5, 0.6) is 5.75 Å². The number of benzene rings is 2. The van der Waals surface area contributed by atoms with Crippen molar-refractivity contribution in [2.45, 2.75) is 6.10 Å². The predicted octanol–water partition coefficient (Wildman–Crippen LogP) is 4.73. The summed E-state index contributed by atoms with van der Waals surface area (Å²) in [6.07, 6.45) is -0.298. The summed E-state index contributed by atoms with van der Waals surface area (Å²) >= 11 is 17.9. The average Bonchev–Trinajstić information content (AvgIpc) is 2.42. The fourth-order valence-corrected chi connectivity index (χ4v) is 2.12. The van der Waals surface area contributed by atoms with Gasteiger partial charge >= 0.3 is 0 Å². The van der Waals surface area contributed by atoms with E-state index in [1.165, 1.54) is 0 Å². The SMILES string of the molecule is NCC(Oc1cccc(Cl)c1Cl)c1ccc(Cl)cc1. The molecule has 0 spiro atoms. The molecule has 1 atom stereocenters. The largest absolute Gasteiger partial charge is 0.483 e. The van der Waals surface area contributed by atoms with E-state index in [4.69, 9.17) is 45.3 Å². The third-order valence-electron chi connectivity index (χ3n) is 2.64. The first-order chi connectivity index (χ1) is 9.11. The molecule has 1 unspecified atom stereocenters. The molecule has 2 aromatic rings. The highest BCUT2D eigenvalue weighted by molar-refractivity contribution is 6.42. The fourth-order valence-electron chi connectivity index (χ4n) is 1.66. The molecule has 0 saturated heterocycles. The summed E-state index contributed by atoms with van der Waals surface area (Å²) in [7, 11) is 0. The Labute approximate surface area is 127 Å². The lowest BCUT2D eigenvalue weighted by Crippen LogP contribution is -2.18. The lowest BCUT2D eigenvalue weighted by Gasteiger charge is -2.19. The van der Waals surface area contributed by atoms with Crippen LogP contribution < -0.4 is 10.5 Å². The van der Waals surface area contributed by atoms with Crippen molar-refractivity contribution >= 4 is 34.8 Å². The quantitative estimate of drug-likeness (QED) is 0.885. The van der Waals surface area contributed by atoms with Crippen molar-refractivity contribution in [3.8, 4) is 5.75 Å². The molecule has 2 N–H and O–H groups in total. The van der Waals surface area contributed by atoms with E-state index in [9.17, 15) is 0 Å². The number of nitrogens with two attached hydrogens (primary N) is 1. The molecule has 2 aromatic carbocycles. The molecule has 0 heterocycles. The Morgan fingerprint density at radius 1 is 1.00 bits per heavy atom. The van der Waals surface area contributed by atoms with Gasteiger partial charge in [-0.05, 0) is 29.8 Å². The molecular weight excluding hydrogens is 305 g/mol. The summed E-state index contributed by atoms with van der Waals surface area (Å²) in [6.45, 7) is 0.324. The summed E-state index contributed by atoms with van der Waals surface area (Å²) in [6, 6.07) is 12.6. The molecular formula is C14H12Cl3NO. The summed E-state index contributed by atoms with van der Waals surface area (Å²) in [4.78, 5) is 0. The Kier molecular flexibility index (Phi) is 4.94. The molecule has 0 aliphatic carbocycles. The number of halogens is 3. The zero-order chi connectivity index (χ0) is 13.8. The summed E-state index contributed by atoms with van der Waals surface area (Å²) in [5, 5.41) is 1.50. The highest BCUT2D eigenvalue weighted by Gasteiger charge is 2.14. The Bertz CT molecular complexity index is 557. The molecule has 0 aliphatic heterocycles. The van der Waals surface area contributed by atoms with Gasteiger partial charge in [0.05, 0.1) is 5.02 Å². The van der Waals surface area contributed by atoms with Crippen molar-refractivity contribution in [3.63, 3.8) is 0 Å². The second kappa shape index (κ2) is 6.49. The highest BCUT2D eigenvalue weighted by Crippen LogP contribution is 2.34. The van der Waals surface area contributed by atoms with Crippen LogP contribution in [0, 0.1) is 0 Å². The van der Waals surface area contributed by atoms with Crippen LogP contribution in [0.1, 0.15) is 11.7 Å². The van der Waals surface area contributed by atoms with E-state index >= 15 is 0 Å². The first kappa shape index (κ1) is 14.5. The minimum atomic E-state index is -0.298. The molecule has 19 heavy (non-hydrogen) atoms. The van der Waals surface area contributed by atoms with Crippen LogP contribution in [0.25, 0.3) is 0 Å². The minimum Gasteiger partial charge on any atom is -0.483 e. The first-order valence-electron chi connectivity index (χ1n) is 5.68. The normalized spacial score (nSPS) is 12.2. The summed E-state index contributed by atoms with van der Waals surface area (Å²) in [5.74, 6) is 0.513. The third-order valence-corrected chi connectivity index (χ3v) is 3.69. The van der Waals surface area contributed by atoms with Gasteiger partial charge in [0.1, 0.15) is 16.9 Å². The maximum Gasteiger partial charge on any atom is 0.140 e. The molecule has 0 amide bonds. The lowest BCUT2D eigenvalue weighted by atomic mass is 10.1. The summed E-state index contributed by atoms with van der Waals surface area (Å²) in [5.41, 5.74) is 6.68. The van der Waals surface area contributed by atoms with E-state index in [0.717, 1.165) is 5.56 Å². The van der Waals surface area contributed by atoms with E-state index in [1.807, 2.05) is 12.1 Å². The van der Waals surface area contributed by atoms with Gasteiger partial charge in [-0.25, -0.2) is 0 Å². The monoisotopic (exact) mass is 315 g/mol. The van der Waals surface area contributed by atoms with Gasteiger partial charge in [-0.15, -0.1) is 0 Å². The van der Waals surface area contributed by atoms with Gasteiger partial charge in [0, 0.05) is 11.6 Å². The maximum atomic E-state index is 6.09. The molecule has 0 radical (unpaired) electrons. The summed E-state index contributed by atoms with van der Waals surface area (Å²) < 4.78 is 5.82. The van der Waals surface area contributed by atoms with Gasteiger partial charge in [0.25, 0.3) is 0 Å². The van der Waals surface area contributed by atoms with Crippen LogP contribution in [0.15, 0.2) is 42.5 Å². The fraction of sp³-hybridized carbons (Fsp3) is 0.143. The van der Waals surface area contributed by atoms with Crippen LogP contribution in [-0.2, 0) is 0 Å². The van der Waals surface area contributed by atoms with Crippen LogP contribution in [0.3, 0.4) is 0 Å². The van der Waals surface area contributed by atoms with Crippen molar-refractivity contribution in [2.75, 3.05) is 6.54 Å². The maximum absolute atomic E-state index is 6.09. The van der Waals surface area contributed by atoms with Crippen LogP contribution in [-0.4, -0.2) is 6.54 Å². The minimum absolute atomic E-state index is 0.298. The molecule has 0 bridgehead atoms. The van der Waals surface area contributed by atoms with Gasteiger partial charge in [-0.3, -0.25) is 0 Å². The first-order valence-corrected chi connectivity index (χ1v) is 6.81. The van der Waals surface area contributed by atoms with Crippen molar-refractivity contribution in [1.82, 2.24) is 0 Å². The lowest BCUT2D eigenvalue weighted by molar-refractivity contribution is 0.214. The molecule has 2 rings (SSSR count). The molecule has 0 fully saturated rings. The van der Waals surface area contributed by atoms with Crippen molar-refractivity contribution < 1.29 is 4.74 Å². The zero-order valence-corrected chi connectivity index (χ0v) is 12.2. The second-order valence-corrected chi connectivity index (χ2v) is 5.17. The van der Waals surface area contributed by atoms with Crippen molar-refractivity contribution in [1.29, 1.82) is 0 Å². The van der Waals surface area contributed by atoms with Gasteiger partial charge in [0.15, 0.2) is 0 Å². The average molecular weight is 317 g/mol. The highest BCUT2D eigenvalue weighted by atomic mass is 35.5. The van der Waals surface area contributed by atoms with E-state index < -0.39 is 0 Å². The number of hydrogen-bond donors (Lipinski definition) is 1. The van der Waals surface area contributed by atoms with Crippen molar-refractivity contribution in [2.24, 2.45) is 5.73 Å².